The van der Waals surface area contributed by atoms with Gasteiger partial charge in [0, 0.05) is 23.7 Å². The van der Waals surface area contributed by atoms with Crippen molar-refractivity contribution >= 4 is 29.9 Å². The van der Waals surface area contributed by atoms with Crippen LogP contribution < -0.4 is 5.32 Å². The summed E-state index contributed by atoms with van der Waals surface area (Å²) >= 11 is 5.32. The molecule has 1 aliphatic carbocycles. The molecule has 19 heavy (non-hydrogen) atoms. The monoisotopic (exact) mass is 317 g/mol. The summed E-state index contributed by atoms with van der Waals surface area (Å²) in [5.41, 5.74) is 0.585. The van der Waals surface area contributed by atoms with E-state index >= 15 is 0 Å². The molecular formula is C10H12Cl2F3N3O. The van der Waals surface area contributed by atoms with Crippen molar-refractivity contribution in [3.63, 3.8) is 0 Å². The smallest absolute Gasteiger partial charge is 0.352 e. The summed E-state index contributed by atoms with van der Waals surface area (Å²) in [6.45, 7) is 0. The number of nitrogens with one attached hydrogen (secondary N) is 2. The van der Waals surface area contributed by atoms with Gasteiger partial charge in [0.15, 0.2) is 0 Å². The summed E-state index contributed by atoms with van der Waals surface area (Å²) in [6.07, 6.45) is -3.01. The van der Waals surface area contributed by atoms with E-state index in [4.69, 9.17) is 11.6 Å². The summed E-state index contributed by atoms with van der Waals surface area (Å²) < 4.78 is 38.7. The van der Waals surface area contributed by atoms with E-state index in [2.05, 4.69) is 15.5 Å². The number of aromatic amines is 1. The highest BCUT2D eigenvalue weighted by Crippen LogP contribution is 2.42. The highest BCUT2D eigenvalue weighted by Gasteiger charge is 2.46. The number of aromatic nitrogens is 2. The van der Waals surface area contributed by atoms with Gasteiger partial charge < -0.3 is 5.32 Å². The molecule has 2 N–H and O–H groups in total. The molecule has 9 heteroatoms. The quantitative estimate of drug-likeness (QED) is 0.821. The first-order valence-corrected chi connectivity index (χ1v) is 5.89. The summed E-state index contributed by atoms with van der Waals surface area (Å²) in [6, 6.07) is -0.573. The van der Waals surface area contributed by atoms with Crippen LogP contribution in [0.15, 0.2) is 6.20 Å². The summed E-state index contributed by atoms with van der Waals surface area (Å²) in [4.78, 5) is 11.1. The van der Waals surface area contributed by atoms with E-state index < -0.39 is 24.0 Å². The fraction of sp³-hybridized carbons (Fsp3) is 0.600. The Labute approximate surface area is 118 Å². The summed E-state index contributed by atoms with van der Waals surface area (Å²) in [7, 11) is 0. The lowest BCUT2D eigenvalue weighted by molar-refractivity contribution is -0.155. The van der Waals surface area contributed by atoms with Gasteiger partial charge in [-0.3, -0.25) is 9.89 Å². The van der Waals surface area contributed by atoms with Crippen molar-refractivity contribution in [2.75, 3.05) is 5.88 Å². The lowest BCUT2D eigenvalue weighted by atomic mass is 9.83. The molecule has 2 atom stereocenters. The van der Waals surface area contributed by atoms with Crippen LogP contribution in [0.1, 0.15) is 23.6 Å². The van der Waals surface area contributed by atoms with Crippen LogP contribution >= 0.6 is 24.0 Å². The number of hydrogen-bond donors (Lipinski definition) is 2. The largest absolute Gasteiger partial charge is 0.395 e. The number of carbonyl (C=O) groups excluding carboxylic acids is 1. The van der Waals surface area contributed by atoms with Crippen LogP contribution in [0.5, 0.6) is 0 Å². The lowest BCUT2D eigenvalue weighted by Crippen LogP contribution is -2.43. The van der Waals surface area contributed by atoms with Crippen molar-refractivity contribution < 1.29 is 18.0 Å². The zero-order valence-corrected chi connectivity index (χ0v) is 11.2. The zero-order valence-electron chi connectivity index (χ0n) is 9.63. The van der Waals surface area contributed by atoms with Crippen LogP contribution in [0, 0.1) is 0 Å². The third kappa shape index (κ3) is 3.54. The molecule has 2 rings (SSSR count). The molecule has 1 aromatic rings. The maximum atomic E-state index is 12.9. The molecule has 108 valence electrons. The van der Waals surface area contributed by atoms with Crippen molar-refractivity contribution in [2.24, 2.45) is 0 Å². The maximum Gasteiger partial charge on any atom is 0.395 e. The van der Waals surface area contributed by atoms with Crippen LogP contribution in [0.2, 0.25) is 0 Å². The molecule has 4 nitrogen and oxygen atoms in total. The fourth-order valence-electron chi connectivity index (χ4n) is 2.21. The molecule has 0 saturated heterocycles. The minimum atomic E-state index is -4.34. The van der Waals surface area contributed by atoms with E-state index in [9.17, 15) is 18.0 Å². The van der Waals surface area contributed by atoms with Crippen molar-refractivity contribution in [2.45, 2.75) is 31.0 Å². The van der Waals surface area contributed by atoms with Crippen LogP contribution in [-0.4, -0.2) is 34.2 Å². The fourth-order valence-corrected chi connectivity index (χ4v) is 2.29. The molecule has 0 spiro atoms. The number of nitrogens with zero attached hydrogens (tertiary/aromatic N) is 1. The van der Waals surface area contributed by atoms with E-state index in [-0.39, 0.29) is 30.3 Å². The van der Waals surface area contributed by atoms with Crippen molar-refractivity contribution in [1.29, 1.82) is 0 Å². The van der Waals surface area contributed by atoms with Crippen molar-refractivity contribution in [1.82, 2.24) is 15.5 Å². The Kier molecular flexibility index (Phi) is 5.09. The van der Waals surface area contributed by atoms with Crippen molar-refractivity contribution in [3.8, 4) is 0 Å². The second kappa shape index (κ2) is 6.00. The highest BCUT2D eigenvalue weighted by molar-refractivity contribution is 6.27. The summed E-state index contributed by atoms with van der Waals surface area (Å²) in [5.74, 6) is -2.32. The Hall–Kier alpha value is -0.950. The Balaban J connectivity index is 0.00000180. The molecule has 2 unspecified atom stereocenters. The Morgan fingerprint density at radius 2 is 2.26 bits per heavy atom. The number of halogens is 5. The number of H-pyrrole nitrogens is 1. The normalized spacial score (nSPS) is 22.3. The summed E-state index contributed by atoms with van der Waals surface area (Å²) in [5, 5.41) is 8.67. The predicted octanol–water partition coefficient (Wildman–Crippen LogP) is 2.15. The Morgan fingerprint density at radius 1 is 1.58 bits per heavy atom. The molecule has 1 amide bonds. The number of amides is 1. The van der Waals surface area contributed by atoms with E-state index in [1.54, 1.807) is 0 Å². The Bertz CT molecular complexity index is 449. The molecule has 1 aliphatic rings. The van der Waals surface area contributed by atoms with Crippen LogP contribution in [0.4, 0.5) is 13.2 Å². The van der Waals surface area contributed by atoms with Crippen LogP contribution in [0.25, 0.3) is 0 Å². The van der Waals surface area contributed by atoms with Crippen LogP contribution in [0.3, 0.4) is 0 Å². The maximum absolute atomic E-state index is 12.9. The third-order valence-electron chi connectivity index (χ3n) is 2.98. The minimum absolute atomic E-state index is 0. The van der Waals surface area contributed by atoms with Gasteiger partial charge in [0.2, 0.25) is 5.91 Å². The molecule has 0 bridgehead atoms. The molecule has 0 aromatic carbocycles. The van der Waals surface area contributed by atoms with Gasteiger partial charge in [0.25, 0.3) is 0 Å². The highest BCUT2D eigenvalue weighted by atomic mass is 35.5. The molecule has 1 heterocycles. The minimum Gasteiger partial charge on any atom is -0.352 e. The van der Waals surface area contributed by atoms with Gasteiger partial charge in [-0.2, -0.15) is 18.3 Å². The molecule has 0 radical (unpaired) electrons. The molecule has 0 saturated carbocycles. The number of fused-ring (bicyclic) bond motifs is 1. The molecule has 1 aromatic heterocycles. The number of rotatable bonds is 2. The van der Waals surface area contributed by atoms with E-state index in [1.807, 2.05) is 0 Å². The van der Waals surface area contributed by atoms with Gasteiger partial charge >= 0.3 is 6.18 Å². The number of alkyl halides is 4. The average molecular weight is 318 g/mol. The molecular weight excluding hydrogens is 306 g/mol. The zero-order chi connectivity index (χ0) is 13.3. The van der Waals surface area contributed by atoms with Crippen LogP contribution in [-0.2, 0) is 11.2 Å². The van der Waals surface area contributed by atoms with Gasteiger partial charge in [-0.15, -0.1) is 24.0 Å². The van der Waals surface area contributed by atoms with Gasteiger partial charge in [-0.25, -0.2) is 0 Å². The first-order chi connectivity index (χ1) is 8.41. The first-order valence-electron chi connectivity index (χ1n) is 5.36. The second-order valence-electron chi connectivity index (χ2n) is 4.24. The van der Waals surface area contributed by atoms with E-state index in [0.29, 0.717) is 12.1 Å². The average Bonchev–Trinajstić information content (AvgIpc) is 2.74. The van der Waals surface area contributed by atoms with E-state index in [0.717, 1.165) is 0 Å². The molecule has 0 fully saturated rings. The van der Waals surface area contributed by atoms with Gasteiger partial charge in [0.05, 0.1) is 12.1 Å². The van der Waals surface area contributed by atoms with E-state index in [1.165, 1.54) is 6.20 Å². The number of hydrogen-bond acceptors (Lipinski definition) is 2. The van der Waals surface area contributed by atoms with Gasteiger partial charge in [-0.05, 0) is 6.42 Å². The standard InChI is InChI=1S/C10H11ClF3N3O.ClH/c11-3-9(18)16-5-1-7(10(12,13)14)6-4-15-17-8(6)2-5;/h4-5,7H,1-3H2,(H,15,17)(H,16,18);1H. The number of carbonyl (C=O) groups is 1. The third-order valence-corrected chi connectivity index (χ3v) is 3.22. The molecule has 0 aliphatic heterocycles. The van der Waals surface area contributed by atoms with Crippen molar-refractivity contribution in [3.05, 3.63) is 17.5 Å². The topological polar surface area (TPSA) is 57.8 Å². The Morgan fingerprint density at radius 3 is 2.84 bits per heavy atom. The van der Waals surface area contributed by atoms with Gasteiger partial charge in [0.1, 0.15) is 5.88 Å². The SMILES string of the molecule is Cl.O=C(CCl)NC1Cc2[nH]ncc2C(C(F)(F)F)C1. The first kappa shape index (κ1) is 16.1. The lowest BCUT2D eigenvalue weighted by Gasteiger charge is -2.30. The second-order valence-corrected chi connectivity index (χ2v) is 4.50. The van der Waals surface area contributed by atoms with Gasteiger partial charge in [-0.1, -0.05) is 0 Å². The predicted molar refractivity (Wildman–Crippen MR) is 65.6 cm³/mol.